The molecule has 2 nitrogen and oxygen atoms in total. The number of rotatable bonds is 1. The quantitative estimate of drug-likeness (QED) is 0.676. The van der Waals surface area contributed by atoms with Gasteiger partial charge in [0.1, 0.15) is 6.10 Å². The number of benzene rings is 1. The van der Waals surface area contributed by atoms with E-state index in [4.69, 9.17) is 4.84 Å². The third kappa shape index (κ3) is 1.68. The minimum absolute atomic E-state index is 0.139. The molecule has 0 radical (unpaired) electrons. The van der Waals surface area contributed by atoms with Crippen molar-refractivity contribution in [3.05, 3.63) is 35.9 Å². The zero-order valence-corrected chi connectivity index (χ0v) is 9.03. The molecule has 14 heavy (non-hydrogen) atoms. The van der Waals surface area contributed by atoms with Crippen LogP contribution in [0.2, 0.25) is 0 Å². The molecule has 0 bridgehead atoms. The second kappa shape index (κ2) is 3.37. The number of hydrogen-bond acceptors (Lipinski definition) is 2. The van der Waals surface area contributed by atoms with E-state index in [0.717, 1.165) is 6.42 Å². The average Bonchev–Trinajstić information content (AvgIpc) is 2.43. The first-order valence-electron chi connectivity index (χ1n) is 5.05. The monoisotopic (exact) mass is 191 g/mol. The second-order valence-corrected chi connectivity index (χ2v) is 4.52. The molecule has 0 aromatic heterocycles. The van der Waals surface area contributed by atoms with Gasteiger partial charge in [0.2, 0.25) is 0 Å². The summed E-state index contributed by atoms with van der Waals surface area (Å²) in [5.74, 6) is 0. The lowest BCUT2D eigenvalue weighted by Crippen LogP contribution is -2.33. The molecule has 1 aliphatic rings. The third-order valence-corrected chi connectivity index (χ3v) is 2.99. The normalized spacial score (nSPS) is 26.6. The topological polar surface area (TPSA) is 12.5 Å². The Morgan fingerprint density at radius 3 is 2.43 bits per heavy atom. The van der Waals surface area contributed by atoms with Crippen molar-refractivity contribution in [3.63, 3.8) is 0 Å². The van der Waals surface area contributed by atoms with Crippen LogP contribution in [-0.2, 0) is 4.84 Å². The van der Waals surface area contributed by atoms with Gasteiger partial charge in [-0.1, -0.05) is 30.3 Å². The van der Waals surface area contributed by atoms with Crippen molar-refractivity contribution in [2.45, 2.75) is 31.9 Å². The Morgan fingerprint density at radius 1 is 1.29 bits per heavy atom. The van der Waals surface area contributed by atoms with E-state index >= 15 is 0 Å². The van der Waals surface area contributed by atoms with Crippen molar-refractivity contribution in [1.82, 2.24) is 5.06 Å². The van der Waals surface area contributed by atoms with Crippen molar-refractivity contribution in [3.8, 4) is 0 Å². The maximum absolute atomic E-state index is 5.80. The fraction of sp³-hybridized carbons (Fsp3) is 0.500. The molecule has 1 fully saturated rings. The zero-order valence-electron chi connectivity index (χ0n) is 9.03. The molecular formula is C12H17NO. The van der Waals surface area contributed by atoms with Crippen molar-refractivity contribution in [2.24, 2.45) is 0 Å². The number of nitrogens with zero attached hydrogens (tertiary/aromatic N) is 1. The van der Waals surface area contributed by atoms with Gasteiger partial charge >= 0.3 is 0 Å². The molecule has 1 aliphatic heterocycles. The summed E-state index contributed by atoms with van der Waals surface area (Å²) in [6.07, 6.45) is 1.27. The molecule has 0 aliphatic carbocycles. The van der Waals surface area contributed by atoms with Gasteiger partial charge in [0.15, 0.2) is 0 Å². The van der Waals surface area contributed by atoms with Gasteiger partial charge in [0.05, 0.1) is 0 Å². The zero-order chi connectivity index (χ0) is 10.2. The van der Waals surface area contributed by atoms with E-state index < -0.39 is 0 Å². The molecule has 1 aromatic rings. The van der Waals surface area contributed by atoms with Crippen molar-refractivity contribution in [1.29, 1.82) is 0 Å². The molecule has 1 aromatic carbocycles. The molecule has 2 rings (SSSR count). The first-order chi connectivity index (χ1) is 6.59. The summed E-state index contributed by atoms with van der Waals surface area (Å²) in [6.45, 7) is 4.41. The molecule has 0 saturated carbocycles. The van der Waals surface area contributed by atoms with E-state index in [1.54, 1.807) is 0 Å². The highest BCUT2D eigenvalue weighted by Gasteiger charge is 2.37. The van der Waals surface area contributed by atoms with E-state index in [1.165, 1.54) is 5.56 Å². The van der Waals surface area contributed by atoms with Gasteiger partial charge in [-0.25, -0.2) is 0 Å². The van der Waals surface area contributed by atoms with E-state index in [-0.39, 0.29) is 11.6 Å². The highest BCUT2D eigenvalue weighted by molar-refractivity contribution is 5.18. The molecule has 0 amide bonds. The van der Waals surface area contributed by atoms with Crippen LogP contribution < -0.4 is 0 Å². The Labute approximate surface area is 85.4 Å². The average molecular weight is 191 g/mol. The highest BCUT2D eigenvalue weighted by atomic mass is 16.7. The maximum Gasteiger partial charge on any atom is 0.106 e. The summed E-state index contributed by atoms with van der Waals surface area (Å²) in [7, 11) is 2.00. The number of hydroxylamine groups is 2. The SMILES string of the molecule is CN1OC(c2ccccc2)CC1(C)C. The molecule has 1 saturated heterocycles. The second-order valence-electron chi connectivity index (χ2n) is 4.52. The fourth-order valence-electron chi connectivity index (χ4n) is 1.80. The smallest absolute Gasteiger partial charge is 0.106 e. The lowest BCUT2D eigenvalue weighted by molar-refractivity contribution is -0.162. The summed E-state index contributed by atoms with van der Waals surface area (Å²) in [5.41, 5.74) is 1.41. The molecule has 1 atom stereocenters. The predicted octanol–water partition coefficient (Wildman–Crippen LogP) is 2.77. The highest BCUT2D eigenvalue weighted by Crippen LogP contribution is 2.38. The van der Waals surface area contributed by atoms with E-state index in [0.29, 0.717) is 0 Å². The van der Waals surface area contributed by atoms with Gasteiger partial charge < -0.3 is 0 Å². The molecule has 2 heteroatoms. The van der Waals surface area contributed by atoms with Crippen LogP contribution in [0, 0.1) is 0 Å². The molecule has 76 valence electrons. The third-order valence-electron chi connectivity index (χ3n) is 2.99. The summed E-state index contributed by atoms with van der Waals surface area (Å²) >= 11 is 0. The van der Waals surface area contributed by atoms with Gasteiger partial charge in [-0.3, -0.25) is 4.84 Å². The summed E-state index contributed by atoms with van der Waals surface area (Å²) < 4.78 is 0. The first-order valence-corrected chi connectivity index (χ1v) is 5.05. The van der Waals surface area contributed by atoms with Crippen LogP contribution in [0.25, 0.3) is 0 Å². The van der Waals surface area contributed by atoms with Crippen molar-refractivity contribution in [2.75, 3.05) is 7.05 Å². The largest absolute Gasteiger partial charge is 0.291 e. The van der Waals surface area contributed by atoms with Crippen LogP contribution in [-0.4, -0.2) is 17.6 Å². The van der Waals surface area contributed by atoms with Crippen molar-refractivity contribution < 1.29 is 4.84 Å². The molecule has 1 unspecified atom stereocenters. The molecule has 0 N–H and O–H groups in total. The van der Waals surface area contributed by atoms with Crippen LogP contribution >= 0.6 is 0 Å². The summed E-state index contributed by atoms with van der Waals surface area (Å²) in [5, 5.41) is 1.96. The summed E-state index contributed by atoms with van der Waals surface area (Å²) in [6, 6.07) is 10.4. The van der Waals surface area contributed by atoms with Crippen LogP contribution in [0.4, 0.5) is 0 Å². The Bertz CT molecular complexity index is 307. The minimum atomic E-state index is 0.139. The van der Waals surface area contributed by atoms with Crippen LogP contribution in [0.5, 0.6) is 0 Å². The van der Waals surface area contributed by atoms with Crippen LogP contribution in [0.1, 0.15) is 31.9 Å². The lowest BCUT2D eigenvalue weighted by atomic mass is 9.95. The standard InChI is InChI=1S/C12H17NO/c1-12(2)9-11(14-13(12)3)10-7-5-4-6-8-10/h4-8,11H,9H2,1-3H3. The van der Waals surface area contributed by atoms with Crippen LogP contribution in [0.15, 0.2) is 30.3 Å². The van der Waals surface area contributed by atoms with E-state index in [9.17, 15) is 0 Å². The molecule has 1 heterocycles. The minimum Gasteiger partial charge on any atom is -0.291 e. The number of hydrogen-bond donors (Lipinski definition) is 0. The first kappa shape index (κ1) is 9.69. The van der Waals surface area contributed by atoms with Gasteiger partial charge in [0, 0.05) is 12.6 Å². The summed E-state index contributed by atoms with van der Waals surface area (Å²) in [4.78, 5) is 5.80. The Kier molecular flexibility index (Phi) is 2.33. The van der Waals surface area contributed by atoms with E-state index in [1.807, 2.05) is 18.2 Å². The Morgan fingerprint density at radius 2 is 1.93 bits per heavy atom. The Hall–Kier alpha value is -0.860. The van der Waals surface area contributed by atoms with Crippen molar-refractivity contribution >= 4 is 0 Å². The van der Waals surface area contributed by atoms with Gasteiger partial charge in [-0.05, 0) is 25.8 Å². The fourth-order valence-corrected chi connectivity index (χ4v) is 1.80. The van der Waals surface area contributed by atoms with Gasteiger partial charge in [-0.15, -0.1) is 0 Å². The lowest BCUT2D eigenvalue weighted by Gasteiger charge is -2.23. The van der Waals surface area contributed by atoms with Gasteiger partial charge in [-0.2, -0.15) is 5.06 Å². The molecule has 0 spiro atoms. The van der Waals surface area contributed by atoms with Gasteiger partial charge in [0.25, 0.3) is 0 Å². The maximum atomic E-state index is 5.80. The van der Waals surface area contributed by atoms with Crippen LogP contribution in [0.3, 0.4) is 0 Å². The van der Waals surface area contributed by atoms with E-state index in [2.05, 4.69) is 38.1 Å². The predicted molar refractivity (Wildman–Crippen MR) is 56.7 cm³/mol. The molecular weight excluding hydrogens is 174 g/mol. The Balaban J connectivity index is 2.17.